The lowest BCUT2D eigenvalue weighted by atomic mass is 9.75. The van der Waals surface area contributed by atoms with Gasteiger partial charge >= 0.3 is 7.12 Å². The van der Waals surface area contributed by atoms with E-state index >= 15 is 0 Å². The standard InChI is InChI=1S/C14H17BFNO2/c1-9-10(8-17)12(16)7-6-11(9)15-18-13(2,3)14(4,5)19-15/h6-7H,1-5H3. The molecule has 1 aromatic carbocycles. The van der Waals surface area contributed by atoms with E-state index in [4.69, 9.17) is 14.6 Å². The second kappa shape index (κ2) is 4.33. The number of hydrogen-bond donors (Lipinski definition) is 0. The predicted octanol–water partition coefficient (Wildman–Crippen LogP) is 2.31. The third kappa shape index (κ3) is 2.15. The van der Waals surface area contributed by atoms with Gasteiger partial charge in [-0.2, -0.15) is 5.26 Å². The van der Waals surface area contributed by atoms with E-state index in [-0.39, 0.29) is 5.56 Å². The van der Waals surface area contributed by atoms with E-state index in [2.05, 4.69) is 0 Å². The molecule has 1 aliphatic heterocycles. The van der Waals surface area contributed by atoms with Crippen LogP contribution in [0.3, 0.4) is 0 Å². The number of nitrogens with zero attached hydrogens (tertiary/aromatic N) is 1. The van der Waals surface area contributed by atoms with Crippen LogP contribution in [0, 0.1) is 24.1 Å². The molecule has 100 valence electrons. The lowest BCUT2D eigenvalue weighted by molar-refractivity contribution is 0.00578. The van der Waals surface area contributed by atoms with Gasteiger partial charge in [0.25, 0.3) is 0 Å². The van der Waals surface area contributed by atoms with Crippen molar-refractivity contribution in [1.29, 1.82) is 5.26 Å². The van der Waals surface area contributed by atoms with Crippen LogP contribution in [0.1, 0.15) is 38.8 Å². The van der Waals surface area contributed by atoms with E-state index in [0.717, 1.165) is 0 Å². The molecule has 3 nitrogen and oxygen atoms in total. The molecule has 0 unspecified atom stereocenters. The fourth-order valence-electron chi connectivity index (χ4n) is 2.06. The van der Waals surface area contributed by atoms with E-state index in [0.29, 0.717) is 11.0 Å². The quantitative estimate of drug-likeness (QED) is 0.728. The first-order valence-electron chi connectivity index (χ1n) is 6.24. The van der Waals surface area contributed by atoms with Crippen molar-refractivity contribution < 1.29 is 13.7 Å². The summed E-state index contributed by atoms with van der Waals surface area (Å²) in [6, 6.07) is 4.79. The van der Waals surface area contributed by atoms with Gasteiger partial charge in [-0.25, -0.2) is 4.39 Å². The van der Waals surface area contributed by atoms with Crippen molar-refractivity contribution in [3.63, 3.8) is 0 Å². The smallest absolute Gasteiger partial charge is 0.399 e. The molecule has 1 saturated heterocycles. The molecule has 0 saturated carbocycles. The summed E-state index contributed by atoms with van der Waals surface area (Å²) in [6.45, 7) is 9.53. The zero-order chi connectivity index (χ0) is 14.4. The van der Waals surface area contributed by atoms with Gasteiger partial charge in [-0.1, -0.05) is 6.07 Å². The van der Waals surface area contributed by atoms with Crippen LogP contribution in [0.15, 0.2) is 12.1 Å². The third-order valence-corrected chi connectivity index (χ3v) is 4.08. The predicted molar refractivity (Wildman–Crippen MR) is 71.6 cm³/mol. The summed E-state index contributed by atoms with van der Waals surface area (Å²) < 4.78 is 25.4. The van der Waals surface area contributed by atoms with Gasteiger partial charge in [-0.3, -0.25) is 0 Å². The van der Waals surface area contributed by atoms with Crippen LogP contribution in [0.2, 0.25) is 0 Å². The molecule has 0 amide bonds. The van der Waals surface area contributed by atoms with Gasteiger partial charge in [-0.05, 0) is 51.7 Å². The molecule has 0 bridgehead atoms. The summed E-state index contributed by atoms with van der Waals surface area (Å²) in [5.41, 5.74) is 0.418. The number of nitriles is 1. The van der Waals surface area contributed by atoms with Gasteiger partial charge < -0.3 is 9.31 Å². The summed E-state index contributed by atoms with van der Waals surface area (Å²) in [6.07, 6.45) is 0. The van der Waals surface area contributed by atoms with E-state index in [9.17, 15) is 4.39 Å². The molecule has 1 heterocycles. The van der Waals surface area contributed by atoms with Crippen LogP contribution in [-0.2, 0) is 9.31 Å². The zero-order valence-corrected chi connectivity index (χ0v) is 11.9. The van der Waals surface area contributed by atoms with Crippen LogP contribution < -0.4 is 5.46 Å². The average molecular weight is 261 g/mol. The summed E-state index contributed by atoms with van der Waals surface area (Å²) in [5.74, 6) is -0.514. The normalized spacial score (nSPS) is 20.4. The molecule has 19 heavy (non-hydrogen) atoms. The van der Waals surface area contributed by atoms with Crippen LogP contribution in [0.4, 0.5) is 4.39 Å². The Kier molecular flexibility index (Phi) is 3.20. The van der Waals surface area contributed by atoms with E-state index in [1.54, 1.807) is 13.0 Å². The molecule has 0 radical (unpaired) electrons. The molecule has 0 N–H and O–H groups in total. The molecule has 1 aliphatic rings. The van der Waals surface area contributed by atoms with Crippen LogP contribution in [0.5, 0.6) is 0 Å². The SMILES string of the molecule is Cc1c(B2OC(C)(C)C(C)(C)O2)ccc(F)c1C#N. The highest BCUT2D eigenvalue weighted by atomic mass is 19.1. The molecule has 0 spiro atoms. The Morgan fingerprint density at radius 2 is 1.68 bits per heavy atom. The first-order valence-corrected chi connectivity index (χ1v) is 6.24. The highest BCUT2D eigenvalue weighted by molar-refractivity contribution is 6.62. The number of rotatable bonds is 1. The number of hydrogen-bond acceptors (Lipinski definition) is 3. The van der Waals surface area contributed by atoms with E-state index < -0.39 is 24.1 Å². The summed E-state index contributed by atoms with van der Waals surface area (Å²) in [7, 11) is -0.572. The Balaban J connectivity index is 2.44. The topological polar surface area (TPSA) is 42.2 Å². The van der Waals surface area contributed by atoms with Crippen LogP contribution in [-0.4, -0.2) is 18.3 Å². The fourth-order valence-corrected chi connectivity index (χ4v) is 2.06. The van der Waals surface area contributed by atoms with Gasteiger partial charge in [0.05, 0.1) is 16.8 Å². The minimum absolute atomic E-state index is 0.0483. The molecular formula is C14H17BFNO2. The van der Waals surface area contributed by atoms with Gasteiger partial charge in [0, 0.05) is 0 Å². The lowest BCUT2D eigenvalue weighted by Gasteiger charge is -2.32. The second-order valence-corrected chi connectivity index (χ2v) is 5.84. The minimum Gasteiger partial charge on any atom is -0.399 e. The molecule has 0 atom stereocenters. The highest BCUT2D eigenvalue weighted by Gasteiger charge is 2.52. The molecule has 1 fully saturated rings. The first-order chi connectivity index (χ1) is 8.69. The molecule has 0 aromatic heterocycles. The highest BCUT2D eigenvalue weighted by Crippen LogP contribution is 2.36. The van der Waals surface area contributed by atoms with Crippen LogP contribution >= 0.6 is 0 Å². The monoisotopic (exact) mass is 261 g/mol. The Morgan fingerprint density at radius 3 is 2.16 bits per heavy atom. The van der Waals surface area contributed by atoms with E-state index in [1.165, 1.54) is 6.07 Å². The van der Waals surface area contributed by atoms with Crippen molar-refractivity contribution in [2.45, 2.75) is 45.8 Å². The maximum Gasteiger partial charge on any atom is 0.495 e. The maximum absolute atomic E-state index is 13.5. The summed E-state index contributed by atoms with van der Waals surface area (Å²) >= 11 is 0. The van der Waals surface area contributed by atoms with Crippen molar-refractivity contribution >= 4 is 12.6 Å². The van der Waals surface area contributed by atoms with Crippen molar-refractivity contribution in [2.75, 3.05) is 0 Å². The van der Waals surface area contributed by atoms with Gasteiger partial charge in [0.15, 0.2) is 0 Å². The van der Waals surface area contributed by atoms with E-state index in [1.807, 2.05) is 33.8 Å². The fraction of sp³-hybridized carbons (Fsp3) is 0.500. The Hall–Kier alpha value is -1.38. The van der Waals surface area contributed by atoms with Crippen molar-refractivity contribution in [1.82, 2.24) is 0 Å². The maximum atomic E-state index is 13.5. The van der Waals surface area contributed by atoms with Crippen LogP contribution in [0.25, 0.3) is 0 Å². The summed E-state index contributed by atoms with van der Waals surface area (Å²) in [4.78, 5) is 0. The number of benzene rings is 1. The second-order valence-electron chi connectivity index (χ2n) is 5.84. The minimum atomic E-state index is -0.572. The van der Waals surface area contributed by atoms with Gasteiger partial charge in [-0.15, -0.1) is 0 Å². The average Bonchev–Trinajstić information content (AvgIpc) is 2.48. The zero-order valence-electron chi connectivity index (χ0n) is 11.9. The first kappa shape index (κ1) is 14.0. The summed E-state index contributed by atoms with van der Waals surface area (Å²) in [5, 5.41) is 9.00. The molecular weight excluding hydrogens is 244 g/mol. The molecule has 5 heteroatoms. The Morgan fingerprint density at radius 1 is 1.16 bits per heavy atom. The molecule has 2 rings (SSSR count). The third-order valence-electron chi connectivity index (χ3n) is 4.08. The van der Waals surface area contributed by atoms with Crippen molar-refractivity contribution in [3.8, 4) is 6.07 Å². The Bertz CT molecular complexity index is 547. The van der Waals surface area contributed by atoms with Gasteiger partial charge in [0.1, 0.15) is 11.9 Å². The van der Waals surface area contributed by atoms with Gasteiger partial charge in [0.2, 0.25) is 0 Å². The largest absolute Gasteiger partial charge is 0.495 e. The van der Waals surface area contributed by atoms with Crippen molar-refractivity contribution in [2.24, 2.45) is 0 Å². The molecule has 0 aliphatic carbocycles. The number of halogens is 1. The molecule has 1 aromatic rings. The van der Waals surface area contributed by atoms with Crippen molar-refractivity contribution in [3.05, 3.63) is 29.1 Å². The lowest BCUT2D eigenvalue weighted by Crippen LogP contribution is -2.41. The Labute approximate surface area is 113 Å².